The number of nitrogens with two attached hydrogens (primary N) is 2. The fraction of sp³-hybridized carbons (Fsp3) is 0.312. The van der Waals surface area contributed by atoms with E-state index in [2.05, 4.69) is 76.3 Å². The third-order valence-electron chi connectivity index (χ3n) is 8.19. The first kappa shape index (κ1) is 26.1. The van der Waals surface area contributed by atoms with Crippen molar-refractivity contribution in [3.8, 4) is 11.1 Å². The Morgan fingerprint density at radius 3 is 2.48 bits per heavy atom. The van der Waals surface area contributed by atoms with Crippen LogP contribution in [0.5, 0.6) is 0 Å². The van der Waals surface area contributed by atoms with Gasteiger partial charge in [0, 0.05) is 54.4 Å². The number of aromatic amines is 1. The van der Waals surface area contributed by atoms with Gasteiger partial charge >= 0.3 is 0 Å². The van der Waals surface area contributed by atoms with Crippen LogP contribution in [0.4, 0.5) is 0 Å². The number of allylic oxidation sites excluding steroid dienone is 1. The first-order chi connectivity index (χ1) is 19.3. The van der Waals surface area contributed by atoms with Gasteiger partial charge in [0.05, 0.1) is 34.0 Å². The molecule has 5 aromatic rings. The SMILES string of the molecule is C/C(N)=C(\c1cnc2c3ccc(-c4c(C)n[nH]c4C)cc3n([C@H](c3ccccc3)C3CCOCC3)c2c1)N(C)N. The number of aryl methyl sites for hydroxylation is 2. The second-order valence-corrected chi connectivity index (χ2v) is 11.0. The zero-order valence-electron chi connectivity index (χ0n) is 23.6. The lowest BCUT2D eigenvalue weighted by atomic mass is 9.86. The minimum atomic E-state index is 0.103. The Kier molecular flexibility index (Phi) is 6.82. The van der Waals surface area contributed by atoms with Gasteiger partial charge in [0.15, 0.2) is 0 Å². The summed E-state index contributed by atoms with van der Waals surface area (Å²) in [5, 5.41) is 10.3. The number of hydrogen-bond donors (Lipinski definition) is 3. The number of hydrogen-bond acceptors (Lipinski definition) is 6. The molecule has 0 bridgehead atoms. The van der Waals surface area contributed by atoms with E-state index in [9.17, 15) is 0 Å². The number of ether oxygens (including phenoxy) is 1. The van der Waals surface area contributed by atoms with E-state index in [0.29, 0.717) is 11.6 Å². The number of nitrogens with one attached hydrogen (secondary N) is 1. The maximum Gasteiger partial charge on any atom is 0.0960 e. The summed E-state index contributed by atoms with van der Waals surface area (Å²) in [6, 6.07) is 19.8. The summed E-state index contributed by atoms with van der Waals surface area (Å²) in [4.78, 5) is 5.03. The van der Waals surface area contributed by atoms with Crippen molar-refractivity contribution in [1.82, 2.24) is 24.8 Å². The van der Waals surface area contributed by atoms with Gasteiger partial charge < -0.3 is 20.0 Å². The van der Waals surface area contributed by atoms with Crippen LogP contribution in [0.25, 0.3) is 38.8 Å². The average Bonchev–Trinajstić information content (AvgIpc) is 3.45. The molecule has 0 amide bonds. The molecule has 0 saturated carbocycles. The number of hydrazine groups is 1. The van der Waals surface area contributed by atoms with Crippen LogP contribution in [0.15, 0.2) is 66.5 Å². The molecule has 1 aliphatic rings. The fourth-order valence-corrected chi connectivity index (χ4v) is 6.49. The lowest BCUT2D eigenvalue weighted by molar-refractivity contribution is 0.0553. The van der Waals surface area contributed by atoms with E-state index >= 15 is 0 Å². The summed E-state index contributed by atoms with van der Waals surface area (Å²) in [6.07, 6.45) is 3.86. The van der Waals surface area contributed by atoms with Crippen molar-refractivity contribution < 1.29 is 4.74 Å². The smallest absolute Gasteiger partial charge is 0.0960 e. The number of benzene rings is 2. The lowest BCUT2D eigenvalue weighted by Crippen LogP contribution is -2.27. The van der Waals surface area contributed by atoms with E-state index in [4.69, 9.17) is 21.3 Å². The highest BCUT2D eigenvalue weighted by Crippen LogP contribution is 2.42. The maximum absolute atomic E-state index is 6.30. The monoisotopic (exact) mass is 535 g/mol. The Bertz CT molecular complexity index is 1680. The normalized spacial score (nSPS) is 15.9. The summed E-state index contributed by atoms with van der Waals surface area (Å²) >= 11 is 0. The molecule has 206 valence electrons. The summed E-state index contributed by atoms with van der Waals surface area (Å²) in [7, 11) is 1.81. The Morgan fingerprint density at radius 2 is 1.82 bits per heavy atom. The maximum atomic E-state index is 6.30. The molecule has 0 aliphatic carbocycles. The Hall–Kier alpha value is -4.14. The van der Waals surface area contributed by atoms with Crippen molar-refractivity contribution in [3.05, 3.63) is 89.0 Å². The number of H-pyrrole nitrogens is 1. The lowest BCUT2D eigenvalue weighted by Gasteiger charge is -2.33. The standard InChI is InChI=1S/C32H37N7O/c1-19(33)31(38(4)34)25-17-28-30(35-18-25)26-11-10-24(29-20(2)36-37-21(29)3)16-27(26)39(28)32(22-8-6-5-7-9-22)23-12-14-40-15-13-23/h5-11,16-18,23,32H,12-15,33-34H2,1-4H3,(H,36,37)/b31-19-/t32-/m1/s1. The minimum absolute atomic E-state index is 0.103. The van der Waals surface area contributed by atoms with Crippen LogP contribution in [-0.4, -0.2) is 45.0 Å². The molecular weight excluding hydrogens is 498 g/mol. The van der Waals surface area contributed by atoms with Crippen molar-refractivity contribution in [2.75, 3.05) is 20.3 Å². The highest BCUT2D eigenvalue weighted by Gasteiger charge is 2.30. The summed E-state index contributed by atoms with van der Waals surface area (Å²) in [6.45, 7) is 7.53. The van der Waals surface area contributed by atoms with Crippen LogP contribution in [0.1, 0.15) is 48.3 Å². The highest BCUT2D eigenvalue weighted by molar-refractivity contribution is 6.07. The molecular formula is C32H37N7O. The highest BCUT2D eigenvalue weighted by atomic mass is 16.5. The van der Waals surface area contributed by atoms with Gasteiger partial charge in [0.25, 0.3) is 0 Å². The fourth-order valence-electron chi connectivity index (χ4n) is 6.49. The second kappa shape index (κ2) is 10.4. The number of aromatic nitrogens is 4. The van der Waals surface area contributed by atoms with Gasteiger partial charge in [-0.25, -0.2) is 5.84 Å². The van der Waals surface area contributed by atoms with E-state index in [1.54, 1.807) is 5.01 Å². The molecule has 8 heteroatoms. The molecule has 8 nitrogen and oxygen atoms in total. The van der Waals surface area contributed by atoms with Gasteiger partial charge in [-0.3, -0.25) is 10.1 Å². The van der Waals surface area contributed by atoms with E-state index in [0.717, 1.165) is 81.8 Å². The van der Waals surface area contributed by atoms with Crippen molar-refractivity contribution in [1.29, 1.82) is 0 Å². The van der Waals surface area contributed by atoms with E-state index in [1.165, 1.54) is 5.56 Å². The van der Waals surface area contributed by atoms with E-state index in [1.807, 2.05) is 27.1 Å². The molecule has 2 aromatic carbocycles. The van der Waals surface area contributed by atoms with Gasteiger partial charge in [-0.15, -0.1) is 0 Å². The molecule has 0 spiro atoms. The second-order valence-electron chi connectivity index (χ2n) is 11.0. The molecule has 40 heavy (non-hydrogen) atoms. The zero-order chi connectivity index (χ0) is 28.0. The summed E-state index contributed by atoms with van der Waals surface area (Å²) < 4.78 is 8.31. The number of nitrogens with zero attached hydrogens (tertiary/aromatic N) is 4. The van der Waals surface area contributed by atoms with E-state index in [-0.39, 0.29) is 6.04 Å². The molecule has 1 atom stereocenters. The molecule has 1 aliphatic heterocycles. The summed E-state index contributed by atoms with van der Waals surface area (Å²) in [5.74, 6) is 6.64. The molecule has 1 fully saturated rings. The van der Waals surface area contributed by atoms with Crippen LogP contribution < -0.4 is 11.6 Å². The van der Waals surface area contributed by atoms with Crippen molar-refractivity contribution in [3.63, 3.8) is 0 Å². The number of fused-ring (bicyclic) bond motifs is 3. The summed E-state index contributed by atoms with van der Waals surface area (Å²) in [5.41, 5.74) is 17.4. The molecule has 0 unspecified atom stereocenters. The van der Waals surface area contributed by atoms with Crippen LogP contribution in [0.3, 0.4) is 0 Å². The minimum Gasteiger partial charge on any atom is -0.401 e. The van der Waals surface area contributed by atoms with Crippen LogP contribution in [0, 0.1) is 19.8 Å². The molecule has 3 aromatic heterocycles. The Balaban J connectivity index is 1.70. The number of pyridine rings is 1. The van der Waals surface area contributed by atoms with Gasteiger partial charge in [-0.05, 0) is 62.8 Å². The first-order valence-corrected chi connectivity index (χ1v) is 13.9. The van der Waals surface area contributed by atoms with Gasteiger partial charge in [0.2, 0.25) is 0 Å². The molecule has 1 saturated heterocycles. The Morgan fingerprint density at radius 1 is 1.07 bits per heavy atom. The van der Waals surface area contributed by atoms with Crippen LogP contribution in [-0.2, 0) is 4.74 Å². The Labute approximate surface area is 234 Å². The predicted molar refractivity (Wildman–Crippen MR) is 161 cm³/mol. The van der Waals surface area contributed by atoms with Crippen LogP contribution in [0.2, 0.25) is 0 Å². The third-order valence-corrected chi connectivity index (χ3v) is 8.19. The van der Waals surface area contributed by atoms with Crippen molar-refractivity contribution >= 4 is 27.6 Å². The van der Waals surface area contributed by atoms with Crippen LogP contribution >= 0.6 is 0 Å². The molecule has 0 radical (unpaired) electrons. The topological polar surface area (TPSA) is 111 Å². The van der Waals surface area contributed by atoms with E-state index < -0.39 is 0 Å². The van der Waals surface area contributed by atoms with Gasteiger partial charge in [-0.2, -0.15) is 5.10 Å². The molecule has 6 rings (SSSR count). The van der Waals surface area contributed by atoms with Crippen molar-refractivity contribution in [2.45, 2.75) is 39.7 Å². The first-order valence-electron chi connectivity index (χ1n) is 13.9. The largest absolute Gasteiger partial charge is 0.401 e. The molecule has 4 heterocycles. The quantitative estimate of drug-likeness (QED) is 0.191. The zero-order valence-corrected chi connectivity index (χ0v) is 23.6. The average molecular weight is 536 g/mol. The van der Waals surface area contributed by atoms with Gasteiger partial charge in [0.1, 0.15) is 0 Å². The predicted octanol–water partition coefficient (Wildman–Crippen LogP) is 5.67. The molecule has 5 N–H and O–H groups in total. The van der Waals surface area contributed by atoms with Gasteiger partial charge in [-0.1, -0.05) is 42.5 Å². The third kappa shape index (κ3) is 4.43. The van der Waals surface area contributed by atoms with Crippen molar-refractivity contribution in [2.24, 2.45) is 17.5 Å². The number of rotatable bonds is 6.